The number of benzene rings is 1. The molecule has 1 aromatic carbocycles. The number of hydrogen-bond donors (Lipinski definition) is 2. The van der Waals surface area contributed by atoms with E-state index in [1.165, 1.54) is 0 Å². The number of anilines is 3. The second kappa shape index (κ2) is 17.0. The van der Waals surface area contributed by atoms with Crippen molar-refractivity contribution in [2.75, 3.05) is 70.2 Å². The Morgan fingerprint density at radius 1 is 0.931 bits per heavy atom. The molecule has 4 aromatic rings. The highest BCUT2D eigenvalue weighted by Gasteiger charge is 2.45. The molecule has 1 atom stereocenters. The molecule has 3 fully saturated rings. The standard InChI is InChI=1S/C42H50N10O6/c1-48(2)40(56)33-24-28-25-44-42(47-37(28)51(33)29-10-3-4-11-29)45-34-15-13-30(26-43-34)50-20-18-49(19-21-50)17-7-23-58-22-6-9-27-8-5-12-31-36(27)41(57)52(39(31)55)32-14-16-35(53)46-38(32)54/h5,8,12-13,15,24-26,29,32H,3-4,6-7,9-11,14,16-23H2,1-2H3,(H,46,53,54)(H,43,44,45,47). The van der Waals surface area contributed by atoms with Crippen molar-refractivity contribution in [1.82, 2.24) is 39.5 Å². The van der Waals surface area contributed by atoms with Gasteiger partial charge in [-0.3, -0.25) is 39.1 Å². The van der Waals surface area contributed by atoms with Crippen molar-refractivity contribution in [2.45, 2.75) is 69.9 Å². The Kier molecular flexibility index (Phi) is 11.5. The summed E-state index contributed by atoms with van der Waals surface area (Å²) in [4.78, 5) is 85.0. The highest BCUT2D eigenvalue weighted by Crippen LogP contribution is 2.35. The molecule has 0 spiro atoms. The summed E-state index contributed by atoms with van der Waals surface area (Å²) in [6.07, 6.45) is 10.4. The maximum Gasteiger partial charge on any atom is 0.270 e. The van der Waals surface area contributed by atoms with Gasteiger partial charge >= 0.3 is 0 Å². The summed E-state index contributed by atoms with van der Waals surface area (Å²) in [5, 5.41) is 6.35. The van der Waals surface area contributed by atoms with E-state index in [4.69, 9.17) is 9.72 Å². The Morgan fingerprint density at radius 3 is 2.47 bits per heavy atom. The zero-order valence-corrected chi connectivity index (χ0v) is 33.1. The van der Waals surface area contributed by atoms with Gasteiger partial charge in [0.1, 0.15) is 23.2 Å². The molecule has 16 nitrogen and oxygen atoms in total. The lowest BCUT2D eigenvalue weighted by atomic mass is 9.99. The molecule has 6 heterocycles. The second-order valence-electron chi connectivity index (χ2n) is 15.7. The maximum atomic E-state index is 13.3. The number of carbonyl (C=O) groups is 5. The molecule has 5 amide bonds. The van der Waals surface area contributed by atoms with Gasteiger partial charge in [-0.15, -0.1) is 0 Å². The first kappa shape index (κ1) is 39.1. The molecule has 304 valence electrons. The quantitative estimate of drug-likeness (QED) is 0.139. The highest BCUT2D eigenvalue weighted by atomic mass is 16.5. The van der Waals surface area contributed by atoms with E-state index in [2.05, 4.69) is 41.0 Å². The minimum atomic E-state index is -0.974. The van der Waals surface area contributed by atoms with Crippen LogP contribution in [0.3, 0.4) is 0 Å². The Hall–Kier alpha value is -5.74. The number of pyridine rings is 1. The number of carbonyl (C=O) groups excluding carboxylic acids is 5. The van der Waals surface area contributed by atoms with Crippen LogP contribution in [0.15, 0.2) is 48.8 Å². The Morgan fingerprint density at radius 2 is 1.72 bits per heavy atom. The van der Waals surface area contributed by atoms with Crippen LogP contribution in [0.2, 0.25) is 0 Å². The van der Waals surface area contributed by atoms with E-state index in [1.54, 1.807) is 37.3 Å². The number of fused-ring (bicyclic) bond motifs is 2. The van der Waals surface area contributed by atoms with Crippen LogP contribution in [-0.4, -0.2) is 130 Å². The maximum absolute atomic E-state index is 13.3. The first-order valence-corrected chi connectivity index (χ1v) is 20.4. The molecule has 16 heteroatoms. The number of aryl methyl sites for hydroxylation is 1. The van der Waals surface area contributed by atoms with Crippen LogP contribution in [0.1, 0.15) is 94.2 Å². The molecular weight excluding hydrogens is 741 g/mol. The molecule has 3 aliphatic heterocycles. The molecule has 3 aromatic heterocycles. The predicted molar refractivity (Wildman–Crippen MR) is 216 cm³/mol. The first-order chi connectivity index (χ1) is 28.2. The summed E-state index contributed by atoms with van der Waals surface area (Å²) < 4.78 is 8.05. The molecule has 2 saturated heterocycles. The number of aromatic nitrogens is 4. The molecular formula is C42H50N10O6. The van der Waals surface area contributed by atoms with Gasteiger partial charge in [-0.2, -0.15) is 4.98 Å². The summed E-state index contributed by atoms with van der Waals surface area (Å²) in [6, 6.07) is 10.4. The minimum absolute atomic E-state index is 0.0343. The van der Waals surface area contributed by atoms with Crippen molar-refractivity contribution >= 4 is 58.0 Å². The van der Waals surface area contributed by atoms with Crippen LogP contribution in [0.4, 0.5) is 17.5 Å². The lowest BCUT2D eigenvalue weighted by molar-refractivity contribution is -0.136. The lowest BCUT2D eigenvalue weighted by Gasteiger charge is -2.36. The van der Waals surface area contributed by atoms with Gasteiger partial charge in [0.15, 0.2) is 0 Å². The third-order valence-corrected chi connectivity index (χ3v) is 11.7. The monoisotopic (exact) mass is 790 g/mol. The number of piperazine rings is 1. The first-order valence-electron chi connectivity index (χ1n) is 20.4. The van der Waals surface area contributed by atoms with Crippen LogP contribution in [0, 0.1) is 0 Å². The van der Waals surface area contributed by atoms with Gasteiger partial charge in [0.2, 0.25) is 17.8 Å². The molecule has 8 rings (SSSR count). The largest absolute Gasteiger partial charge is 0.381 e. The van der Waals surface area contributed by atoms with Crippen molar-refractivity contribution in [3.05, 3.63) is 71.2 Å². The van der Waals surface area contributed by atoms with Crippen molar-refractivity contribution in [3.8, 4) is 0 Å². The van der Waals surface area contributed by atoms with E-state index in [-0.39, 0.29) is 24.8 Å². The number of rotatable bonds is 14. The summed E-state index contributed by atoms with van der Waals surface area (Å²) in [5.41, 5.74) is 3.89. The zero-order chi connectivity index (χ0) is 40.3. The molecule has 0 radical (unpaired) electrons. The van der Waals surface area contributed by atoms with E-state index in [9.17, 15) is 24.0 Å². The second-order valence-corrected chi connectivity index (χ2v) is 15.7. The third kappa shape index (κ3) is 8.03. The summed E-state index contributed by atoms with van der Waals surface area (Å²) >= 11 is 0. The SMILES string of the molecule is CN(C)C(=O)c1cc2cnc(Nc3ccc(N4CCN(CCCOCCCc5cccc6c5C(=O)N(C5CCC(=O)NC5=O)C6=O)CC4)cn3)nc2n1C1CCCC1. The van der Waals surface area contributed by atoms with Crippen molar-refractivity contribution in [1.29, 1.82) is 0 Å². The Labute approximate surface area is 336 Å². The van der Waals surface area contributed by atoms with E-state index < -0.39 is 29.7 Å². The molecule has 58 heavy (non-hydrogen) atoms. The zero-order valence-electron chi connectivity index (χ0n) is 33.1. The van der Waals surface area contributed by atoms with Gasteiger partial charge in [-0.25, -0.2) is 9.97 Å². The topological polar surface area (TPSA) is 175 Å². The van der Waals surface area contributed by atoms with Crippen LogP contribution < -0.4 is 15.5 Å². The van der Waals surface area contributed by atoms with Crippen molar-refractivity contribution in [2.24, 2.45) is 0 Å². The lowest BCUT2D eigenvalue weighted by Crippen LogP contribution is -2.54. The smallest absolute Gasteiger partial charge is 0.270 e. The molecule has 1 saturated carbocycles. The number of nitrogens with zero attached hydrogens (tertiary/aromatic N) is 8. The normalized spacial score (nSPS) is 19.0. The van der Waals surface area contributed by atoms with E-state index in [0.29, 0.717) is 54.6 Å². The summed E-state index contributed by atoms with van der Waals surface area (Å²) in [6.45, 7) is 5.76. The Bertz CT molecular complexity index is 2210. The van der Waals surface area contributed by atoms with Crippen LogP contribution in [0.5, 0.6) is 0 Å². The predicted octanol–water partition coefficient (Wildman–Crippen LogP) is 3.95. The van der Waals surface area contributed by atoms with Crippen molar-refractivity contribution < 1.29 is 28.7 Å². The highest BCUT2D eigenvalue weighted by molar-refractivity contribution is 6.24. The van der Waals surface area contributed by atoms with Crippen molar-refractivity contribution in [3.63, 3.8) is 0 Å². The number of piperidine rings is 1. The van der Waals surface area contributed by atoms with Gasteiger partial charge < -0.3 is 24.4 Å². The fourth-order valence-corrected chi connectivity index (χ4v) is 8.64. The van der Waals surface area contributed by atoms with E-state index in [1.807, 2.05) is 24.4 Å². The molecule has 4 aliphatic rings. The fraction of sp³-hybridized carbons (Fsp3) is 0.476. The number of imide groups is 2. The number of amides is 5. The minimum Gasteiger partial charge on any atom is -0.381 e. The number of ether oxygens (including phenoxy) is 1. The van der Waals surface area contributed by atoms with Gasteiger partial charge in [0.05, 0.1) is 23.0 Å². The summed E-state index contributed by atoms with van der Waals surface area (Å²) in [5.74, 6) is -0.907. The molecule has 1 unspecified atom stereocenters. The Balaban J connectivity index is 0.762. The van der Waals surface area contributed by atoms with Crippen LogP contribution in [0.25, 0.3) is 11.0 Å². The van der Waals surface area contributed by atoms with E-state index >= 15 is 0 Å². The summed E-state index contributed by atoms with van der Waals surface area (Å²) in [7, 11) is 3.55. The molecule has 1 aliphatic carbocycles. The number of nitrogens with one attached hydrogen (secondary N) is 2. The van der Waals surface area contributed by atoms with Gasteiger partial charge in [0.25, 0.3) is 17.7 Å². The number of hydrogen-bond acceptors (Lipinski definition) is 12. The third-order valence-electron chi connectivity index (χ3n) is 11.7. The van der Waals surface area contributed by atoms with Gasteiger partial charge in [0, 0.05) is 84.1 Å². The molecule has 2 N–H and O–H groups in total. The van der Waals surface area contributed by atoms with E-state index in [0.717, 1.165) is 92.0 Å². The van der Waals surface area contributed by atoms with Crippen LogP contribution >= 0.6 is 0 Å². The van der Waals surface area contributed by atoms with Crippen LogP contribution in [-0.2, 0) is 20.7 Å². The van der Waals surface area contributed by atoms with Gasteiger partial charge in [-0.05, 0) is 68.4 Å². The average Bonchev–Trinajstić information content (AvgIpc) is 3.95. The van der Waals surface area contributed by atoms with Gasteiger partial charge in [-0.1, -0.05) is 25.0 Å². The average molecular weight is 791 g/mol. The molecule has 0 bridgehead atoms. The fourth-order valence-electron chi connectivity index (χ4n) is 8.64.